The fourth-order valence-corrected chi connectivity index (χ4v) is 5.40. The average molecular weight is 733 g/mol. The number of ether oxygens (including phenoxy) is 5. The van der Waals surface area contributed by atoms with E-state index in [0.717, 1.165) is 45.6 Å². The Morgan fingerprint density at radius 2 is 1.58 bits per heavy atom. The van der Waals surface area contributed by atoms with Crippen molar-refractivity contribution < 1.29 is 83.4 Å². The number of phenols is 5. The predicted octanol–water partition coefficient (Wildman–Crippen LogP) is 2.72. The maximum absolute atomic E-state index is 14.0. The Morgan fingerprint density at radius 1 is 0.846 bits per heavy atom. The van der Waals surface area contributed by atoms with Crippen LogP contribution >= 0.6 is 0 Å². The molecule has 7 N–H and O–H groups in total. The summed E-state index contributed by atoms with van der Waals surface area (Å²) in [6, 6.07) is 9.68. The summed E-state index contributed by atoms with van der Waals surface area (Å²) in [5.74, 6) is -8.56. The molecule has 0 aliphatic carbocycles. The van der Waals surface area contributed by atoms with E-state index in [-0.39, 0.29) is 28.4 Å². The quantitative estimate of drug-likeness (QED) is 0.0451. The number of rotatable bonds is 13. The first-order chi connectivity index (χ1) is 24.7. The first kappa shape index (κ1) is 38.1. The molecule has 0 radical (unpaired) electrons. The smallest absolute Gasteiger partial charge is 0.373 e. The van der Waals surface area contributed by atoms with E-state index in [1.165, 1.54) is 50.5 Å². The lowest BCUT2D eigenvalue weighted by Crippen LogP contribution is -2.75. The molecule has 52 heavy (non-hydrogen) atoms. The van der Waals surface area contributed by atoms with Crippen LogP contribution in [0.5, 0.6) is 40.2 Å². The molecule has 280 valence electrons. The number of methoxy groups -OCH3 is 3. The van der Waals surface area contributed by atoms with E-state index in [1.54, 1.807) is 0 Å². The van der Waals surface area contributed by atoms with Gasteiger partial charge in [-0.1, -0.05) is 12.1 Å². The molecule has 0 saturated carbocycles. The molecule has 18 heteroatoms. The summed E-state index contributed by atoms with van der Waals surface area (Å²) < 4.78 is 33.8. The summed E-state index contributed by atoms with van der Waals surface area (Å²) in [6.45, 7) is 1.37. The zero-order valence-corrected chi connectivity index (χ0v) is 28.2. The van der Waals surface area contributed by atoms with Gasteiger partial charge in [-0.15, -0.1) is 0 Å². The molecule has 2 heterocycles. The molecule has 6 unspecified atom stereocenters. The average Bonchev–Trinajstić information content (AvgIpc) is 3.12. The Morgan fingerprint density at radius 3 is 2.23 bits per heavy atom. The molecule has 1 saturated heterocycles. The zero-order chi connectivity index (χ0) is 38.0. The van der Waals surface area contributed by atoms with Crippen molar-refractivity contribution in [3.63, 3.8) is 0 Å². The molecule has 5 rings (SSSR count). The number of aliphatic hydroxyl groups excluding tert-OH is 2. The highest BCUT2D eigenvalue weighted by Gasteiger charge is 2.71. The van der Waals surface area contributed by atoms with Gasteiger partial charge >= 0.3 is 11.8 Å². The van der Waals surface area contributed by atoms with Gasteiger partial charge in [0.1, 0.15) is 34.7 Å². The minimum absolute atomic E-state index is 0.0131. The van der Waals surface area contributed by atoms with Crippen LogP contribution in [-0.4, -0.2) is 101 Å². The van der Waals surface area contributed by atoms with Crippen LogP contribution in [0.2, 0.25) is 0 Å². The van der Waals surface area contributed by atoms with Gasteiger partial charge in [-0.2, -0.15) is 14.7 Å². The van der Waals surface area contributed by atoms with Crippen LogP contribution in [0, 0.1) is 0 Å². The van der Waals surface area contributed by atoms with Gasteiger partial charge in [0.25, 0.3) is 6.29 Å². The van der Waals surface area contributed by atoms with Crippen molar-refractivity contribution in [1.82, 2.24) is 0 Å². The third-order valence-corrected chi connectivity index (χ3v) is 8.03. The van der Waals surface area contributed by atoms with Gasteiger partial charge < -0.3 is 63.8 Å². The predicted molar refractivity (Wildman–Crippen MR) is 175 cm³/mol. The van der Waals surface area contributed by atoms with Crippen LogP contribution in [0.25, 0.3) is 28.4 Å². The van der Waals surface area contributed by atoms with Gasteiger partial charge in [0.15, 0.2) is 28.8 Å². The molecule has 18 nitrogen and oxygen atoms in total. The molecule has 1 aromatic heterocycles. The third kappa shape index (κ3) is 6.89. The number of hydrogen-bond acceptors (Lipinski definition) is 18. The lowest BCUT2D eigenvalue weighted by Gasteiger charge is -2.51. The van der Waals surface area contributed by atoms with E-state index in [0.29, 0.717) is 5.56 Å². The van der Waals surface area contributed by atoms with Crippen LogP contribution in [0.3, 0.4) is 0 Å². The largest absolute Gasteiger partial charge is 0.508 e. The number of aliphatic hydroxyl groups is 2. The maximum atomic E-state index is 14.0. The topological polar surface area (TPSA) is 255 Å². The van der Waals surface area contributed by atoms with Crippen LogP contribution in [0.15, 0.2) is 63.8 Å². The van der Waals surface area contributed by atoms with E-state index in [1.807, 2.05) is 0 Å². The van der Waals surface area contributed by atoms with E-state index in [4.69, 9.17) is 47.7 Å². The first-order valence-corrected chi connectivity index (χ1v) is 15.2. The van der Waals surface area contributed by atoms with Crippen molar-refractivity contribution in [3.8, 4) is 51.6 Å². The van der Waals surface area contributed by atoms with Gasteiger partial charge in [-0.3, -0.25) is 4.79 Å². The minimum atomic E-state index is -2.69. The molecular formula is C34H36O18. The molecule has 1 aliphatic rings. The SMILES string of the molecule is COOC1(OC)C(O)C(O)C(C)OC1(OC)OOC(C=Cc1ccc(O)c(OC)c1)Oc1c(-c2ccc(O)c(O)c2)oc2cc(O)cc(O)c2c1=O. The van der Waals surface area contributed by atoms with Crippen molar-refractivity contribution in [2.24, 2.45) is 0 Å². The molecule has 4 aromatic rings. The van der Waals surface area contributed by atoms with Crippen LogP contribution in [-0.2, 0) is 33.8 Å². The number of phenolic OH excluding ortho intramolecular Hbond substituents is 5. The second-order valence-corrected chi connectivity index (χ2v) is 11.2. The van der Waals surface area contributed by atoms with Crippen LogP contribution in [0.1, 0.15) is 12.5 Å². The van der Waals surface area contributed by atoms with Gasteiger partial charge in [0.2, 0.25) is 11.2 Å². The molecule has 0 bridgehead atoms. The molecule has 3 aromatic carbocycles. The van der Waals surface area contributed by atoms with Gasteiger partial charge in [-0.25, -0.2) is 4.89 Å². The van der Waals surface area contributed by atoms with Crippen molar-refractivity contribution in [3.05, 3.63) is 70.4 Å². The standard InChI is InChI=1S/C34H36O18/c1-16-28(40)32(42)33(44-3,51-46-5)34(45-4,49-16)52-50-26(11-7-17-6-9-21(37)24(12-17)43-2)48-31-29(41)27-23(39)14-19(35)15-25(27)47-30(31)18-8-10-20(36)22(38)13-18/h6-16,26,28,32,35-40,42H,1-5H3. The van der Waals surface area contributed by atoms with Crippen LogP contribution < -0.4 is 14.9 Å². The highest BCUT2D eigenvalue weighted by Crippen LogP contribution is 2.44. The van der Waals surface area contributed by atoms with E-state index in [9.17, 15) is 40.5 Å². The summed E-state index contributed by atoms with van der Waals surface area (Å²) in [5, 5.41) is 72.3. The van der Waals surface area contributed by atoms with E-state index < -0.39 is 75.9 Å². The van der Waals surface area contributed by atoms with E-state index in [2.05, 4.69) is 0 Å². The number of benzene rings is 3. The van der Waals surface area contributed by atoms with Gasteiger partial charge in [0, 0.05) is 31.9 Å². The molecule has 1 aliphatic heterocycles. The molecule has 1 fully saturated rings. The van der Waals surface area contributed by atoms with Crippen LogP contribution in [0.4, 0.5) is 0 Å². The lowest BCUT2D eigenvalue weighted by atomic mass is 9.94. The van der Waals surface area contributed by atoms with E-state index >= 15 is 0 Å². The van der Waals surface area contributed by atoms with Gasteiger partial charge in [-0.05, 0) is 48.9 Å². The third-order valence-electron chi connectivity index (χ3n) is 8.03. The Hall–Kier alpha value is -5.15. The van der Waals surface area contributed by atoms with Crippen molar-refractivity contribution in [2.75, 3.05) is 28.4 Å². The maximum Gasteiger partial charge on any atom is 0.373 e. The highest BCUT2D eigenvalue weighted by molar-refractivity contribution is 5.88. The summed E-state index contributed by atoms with van der Waals surface area (Å²) in [6.07, 6.45) is -4.02. The van der Waals surface area contributed by atoms with Crippen molar-refractivity contribution >= 4 is 17.0 Å². The molecule has 0 spiro atoms. The molecule has 6 atom stereocenters. The minimum Gasteiger partial charge on any atom is -0.508 e. The van der Waals surface area contributed by atoms with Gasteiger partial charge in [0.05, 0.1) is 20.3 Å². The molecular weight excluding hydrogens is 696 g/mol. The first-order valence-electron chi connectivity index (χ1n) is 15.2. The normalized spacial score (nSPS) is 23.9. The Bertz CT molecular complexity index is 1990. The summed E-state index contributed by atoms with van der Waals surface area (Å²) in [7, 11) is 4.53. The zero-order valence-electron chi connectivity index (χ0n) is 28.2. The number of hydrogen-bond donors (Lipinski definition) is 7. The summed E-state index contributed by atoms with van der Waals surface area (Å²) >= 11 is 0. The number of fused-ring (bicyclic) bond motifs is 1. The second-order valence-electron chi connectivity index (χ2n) is 11.2. The Kier molecular flexibility index (Phi) is 11.1. The number of aromatic hydroxyl groups is 5. The second kappa shape index (κ2) is 15.2. The van der Waals surface area contributed by atoms with Crippen molar-refractivity contribution in [1.29, 1.82) is 0 Å². The molecule has 0 amide bonds. The monoisotopic (exact) mass is 732 g/mol. The lowest BCUT2D eigenvalue weighted by molar-refractivity contribution is -0.635. The Balaban J connectivity index is 1.67. The Labute approximate surface area is 294 Å². The van der Waals surface area contributed by atoms with Crippen molar-refractivity contribution in [2.45, 2.75) is 43.3 Å². The summed E-state index contributed by atoms with van der Waals surface area (Å²) in [4.78, 5) is 35.3. The fraction of sp³-hybridized carbons (Fsp3) is 0.324. The highest BCUT2D eigenvalue weighted by atomic mass is 17.3. The summed E-state index contributed by atoms with van der Waals surface area (Å²) in [5.41, 5.74) is -0.882. The fourth-order valence-electron chi connectivity index (χ4n) is 5.40.